The third-order valence-electron chi connectivity index (χ3n) is 10.5. The normalized spacial score (nSPS) is 12.0. The average molecular weight is 669 g/mol. The van der Waals surface area contributed by atoms with E-state index in [1.54, 1.807) is 0 Å². The van der Waals surface area contributed by atoms with Gasteiger partial charge in [-0.1, -0.05) is 140 Å². The van der Waals surface area contributed by atoms with Crippen molar-refractivity contribution in [3.8, 4) is 33.4 Å². The maximum absolute atomic E-state index is 2.44. The summed E-state index contributed by atoms with van der Waals surface area (Å²) in [7, 11) is 0. The van der Waals surface area contributed by atoms with E-state index < -0.39 is 0 Å². The zero-order valence-corrected chi connectivity index (χ0v) is 28.6. The SMILES string of the molecule is c1ccc(-c2ccc(-c3c4ccccc4c(-c4ccc5sc6cc7c(ccc8c9ccccc9sc78)cc6c5c4)c4ccccc34)cc2)cc1. The van der Waals surface area contributed by atoms with Crippen molar-refractivity contribution in [2.45, 2.75) is 0 Å². The summed E-state index contributed by atoms with van der Waals surface area (Å²) in [4.78, 5) is 0. The van der Waals surface area contributed by atoms with Crippen LogP contribution < -0.4 is 0 Å². The molecule has 11 rings (SSSR count). The fourth-order valence-electron chi connectivity index (χ4n) is 8.14. The van der Waals surface area contributed by atoms with Crippen LogP contribution in [0.1, 0.15) is 0 Å². The van der Waals surface area contributed by atoms with E-state index in [0.717, 1.165) is 0 Å². The minimum Gasteiger partial charge on any atom is -0.135 e. The highest BCUT2D eigenvalue weighted by Gasteiger charge is 2.18. The van der Waals surface area contributed by atoms with Gasteiger partial charge in [-0.15, -0.1) is 22.7 Å². The van der Waals surface area contributed by atoms with Gasteiger partial charge in [0.1, 0.15) is 0 Å². The smallest absolute Gasteiger partial charge is 0.0434 e. The summed E-state index contributed by atoms with van der Waals surface area (Å²) in [6.07, 6.45) is 0. The first-order valence-corrected chi connectivity index (χ1v) is 18.7. The number of fused-ring (bicyclic) bond motifs is 10. The quantitative estimate of drug-likeness (QED) is 0.164. The molecule has 0 aliphatic rings. The van der Waals surface area contributed by atoms with Gasteiger partial charge in [-0.05, 0) is 90.6 Å². The molecule has 50 heavy (non-hydrogen) atoms. The molecule has 0 radical (unpaired) electrons. The van der Waals surface area contributed by atoms with Crippen LogP contribution in [-0.2, 0) is 0 Å². The van der Waals surface area contributed by atoms with Crippen LogP contribution in [0.15, 0.2) is 170 Å². The molecular weight excluding hydrogens is 641 g/mol. The topological polar surface area (TPSA) is 0 Å². The summed E-state index contributed by atoms with van der Waals surface area (Å²) in [5, 5.41) is 13.2. The first-order chi connectivity index (χ1) is 24.8. The molecule has 0 atom stereocenters. The Morgan fingerprint density at radius 3 is 1.52 bits per heavy atom. The number of rotatable bonds is 3. The zero-order chi connectivity index (χ0) is 32.8. The van der Waals surface area contributed by atoms with Gasteiger partial charge in [0, 0.05) is 45.7 Å². The molecule has 0 unspecified atom stereocenters. The Hall–Kier alpha value is -5.80. The van der Waals surface area contributed by atoms with Crippen LogP contribution in [0.4, 0.5) is 0 Å². The van der Waals surface area contributed by atoms with Gasteiger partial charge in [0.25, 0.3) is 0 Å². The van der Waals surface area contributed by atoms with Crippen LogP contribution in [0.5, 0.6) is 0 Å². The summed E-state index contributed by atoms with van der Waals surface area (Å²) in [6, 6.07) is 63.0. The van der Waals surface area contributed by atoms with Gasteiger partial charge in [0.2, 0.25) is 0 Å². The summed E-state index contributed by atoms with van der Waals surface area (Å²) < 4.78 is 5.41. The zero-order valence-electron chi connectivity index (χ0n) is 27.0. The lowest BCUT2D eigenvalue weighted by molar-refractivity contribution is 1.61. The van der Waals surface area contributed by atoms with Crippen LogP contribution in [0, 0.1) is 0 Å². The van der Waals surface area contributed by atoms with Crippen molar-refractivity contribution in [2.75, 3.05) is 0 Å². The third-order valence-corrected chi connectivity index (χ3v) is 12.8. The molecule has 0 aliphatic heterocycles. The molecule has 232 valence electrons. The molecule has 0 amide bonds. The van der Waals surface area contributed by atoms with Gasteiger partial charge in [0.05, 0.1) is 0 Å². The van der Waals surface area contributed by atoms with Crippen molar-refractivity contribution in [3.63, 3.8) is 0 Å². The molecule has 0 N–H and O–H groups in total. The lowest BCUT2D eigenvalue weighted by Crippen LogP contribution is -1.91. The lowest BCUT2D eigenvalue weighted by Gasteiger charge is -2.18. The Bertz CT molecular complexity index is 3070. The summed E-state index contributed by atoms with van der Waals surface area (Å²) in [6.45, 7) is 0. The van der Waals surface area contributed by atoms with Gasteiger partial charge in [-0.25, -0.2) is 0 Å². The van der Waals surface area contributed by atoms with Gasteiger partial charge in [0.15, 0.2) is 0 Å². The second-order valence-electron chi connectivity index (χ2n) is 13.2. The Balaban J connectivity index is 1.12. The van der Waals surface area contributed by atoms with Crippen molar-refractivity contribution >= 4 is 95.3 Å². The van der Waals surface area contributed by atoms with Crippen molar-refractivity contribution in [1.29, 1.82) is 0 Å². The molecule has 2 heteroatoms. The Morgan fingerprint density at radius 1 is 0.260 bits per heavy atom. The first-order valence-electron chi connectivity index (χ1n) is 17.1. The molecule has 0 saturated heterocycles. The highest BCUT2D eigenvalue weighted by atomic mass is 32.1. The summed E-state index contributed by atoms with van der Waals surface area (Å²) >= 11 is 3.82. The van der Waals surface area contributed by atoms with Crippen molar-refractivity contribution in [3.05, 3.63) is 170 Å². The third kappa shape index (κ3) is 4.16. The highest BCUT2D eigenvalue weighted by molar-refractivity contribution is 7.27. The Morgan fingerprint density at radius 2 is 0.800 bits per heavy atom. The molecular formula is C48H28S2. The maximum Gasteiger partial charge on any atom is 0.0434 e. The molecule has 0 saturated carbocycles. The second-order valence-corrected chi connectivity index (χ2v) is 15.3. The van der Waals surface area contributed by atoms with Gasteiger partial charge >= 0.3 is 0 Å². The number of thiophene rings is 2. The molecule has 11 aromatic rings. The van der Waals surface area contributed by atoms with Crippen molar-refractivity contribution in [2.24, 2.45) is 0 Å². The van der Waals surface area contributed by atoms with E-state index in [0.29, 0.717) is 0 Å². The van der Waals surface area contributed by atoms with E-state index >= 15 is 0 Å². The molecule has 2 aromatic heterocycles. The number of hydrogen-bond acceptors (Lipinski definition) is 2. The Kier molecular flexibility index (Phi) is 6.09. The fraction of sp³-hybridized carbons (Fsp3) is 0. The predicted molar refractivity (Wildman–Crippen MR) is 221 cm³/mol. The van der Waals surface area contributed by atoms with Crippen LogP contribution >= 0.6 is 22.7 Å². The lowest BCUT2D eigenvalue weighted by atomic mass is 9.85. The van der Waals surface area contributed by atoms with Crippen LogP contribution in [-0.4, -0.2) is 0 Å². The van der Waals surface area contributed by atoms with Crippen LogP contribution in [0.25, 0.3) is 106 Å². The highest BCUT2D eigenvalue weighted by Crippen LogP contribution is 2.47. The molecule has 0 bridgehead atoms. The molecule has 0 spiro atoms. The molecule has 2 heterocycles. The fourth-order valence-corrected chi connectivity index (χ4v) is 10.5. The van der Waals surface area contributed by atoms with Crippen LogP contribution in [0.3, 0.4) is 0 Å². The van der Waals surface area contributed by atoms with Gasteiger partial charge in [-0.3, -0.25) is 0 Å². The van der Waals surface area contributed by atoms with E-state index in [-0.39, 0.29) is 0 Å². The minimum atomic E-state index is 1.23. The summed E-state index contributed by atoms with van der Waals surface area (Å²) in [5.41, 5.74) is 7.56. The largest absolute Gasteiger partial charge is 0.135 e. The van der Waals surface area contributed by atoms with E-state index in [2.05, 4.69) is 170 Å². The van der Waals surface area contributed by atoms with E-state index in [9.17, 15) is 0 Å². The van der Waals surface area contributed by atoms with Gasteiger partial charge < -0.3 is 0 Å². The molecule has 0 nitrogen and oxygen atoms in total. The molecule has 0 fully saturated rings. The number of hydrogen-bond donors (Lipinski definition) is 0. The predicted octanol–water partition coefficient (Wildman–Crippen LogP) is 14.9. The maximum atomic E-state index is 2.44. The average Bonchev–Trinajstić information content (AvgIpc) is 3.74. The van der Waals surface area contributed by atoms with Crippen molar-refractivity contribution < 1.29 is 0 Å². The summed E-state index contributed by atoms with van der Waals surface area (Å²) in [5.74, 6) is 0. The van der Waals surface area contributed by atoms with E-state index in [1.165, 1.54) is 106 Å². The molecule has 9 aromatic carbocycles. The Labute approximate surface area is 297 Å². The standard InChI is InChI=1S/C48H28S2/c1-2-10-29(11-3-1)30-18-20-31(21-19-30)46-35-13-4-6-15-37(35)47(38-16-7-5-14-36(38)46)33-23-25-44-41(27-33)42-26-32-22-24-39-34-12-8-9-17-43(34)50-48(39)40(32)28-45(42)49-44/h1-28H. The first kappa shape index (κ1) is 28.1. The number of benzene rings is 9. The minimum absolute atomic E-state index is 1.23. The molecule has 0 aliphatic carbocycles. The van der Waals surface area contributed by atoms with Crippen LogP contribution in [0.2, 0.25) is 0 Å². The monoisotopic (exact) mass is 668 g/mol. The van der Waals surface area contributed by atoms with Gasteiger partial charge in [-0.2, -0.15) is 0 Å². The second kappa shape index (κ2) is 10.9. The van der Waals surface area contributed by atoms with Crippen molar-refractivity contribution in [1.82, 2.24) is 0 Å². The van der Waals surface area contributed by atoms with E-state index in [1.807, 2.05) is 22.7 Å². The van der Waals surface area contributed by atoms with E-state index in [4.69, 9.17) is 0 Å².